The third-order valence-corrected chi connectivity index (χ3v) is 3.71. The number of carbonyl (C=O) groups is 2. The summed E-state index contributed by atoms with van der Waals surface area (Å²) in [6, 6.07) is 7.22. The van der Waals surface area contributed by atoms with E-state index in [0.29, 0.717) is 16.4 Å². The second-order valence-electron chi connectivity index (χ2n) is 4.62. The zero-order valence-corrected chi connectivity index (χ0v) is 12.9. The highest BCUT2D eigenvalue weighted by Crippen LogP contribution is 2.30. The van der Waals surface area contributed by atoms with E-state index >= 15 is 0 Å². The van der Waals surface area contributed by atoms with Crippen molar-refractivity contribution in [2.24, 2.45) is 0 Å². The molecule has 1 aliphatic rings. The van der Waals surface area contributed by atoms with Crippen LogP contribution in [0.3, 0.4) is 0 Å². The van der Waals surface area contributed by atoms with Gasteiger partial charge in [-0.25, -0.2) is 4.79 Å². The van der Waals surface area contributed by atoms with E-state index in [2.05, 4.69) is 0 Å². The average molecular weight is 306 g/mol. The van der Waals surface area contributed by atoms with Crippen LogP contribution in [0.25, 0.3) is 6.08 Å². The molecule has 1 heterocycles. The SMILES string of the molecule is CCOC(=O)C1=C(C)N(C)/C(=C/c2ccccc2Cl)C1=O. The molecule has 110 valence electrons. The monoisotopic (exact) mass is 305 g/mol. The van der Waals surface area contributed by atoms with Crippen LogP contribution >= 0.6 is 11.6 Å². The Bertz CT molecular complexity index is 661. The summed E-state index contributed by atoms with van der Waals surface area (Å²) in [5, 5.41) is 0.549. The van der Waals surface area contributed by atoms with Crippen LogP contribution in [0.1, 0.15) is 19.4 Å². The number of ether oxygens (including phenoxy) is 1. The van der Waals surface area contributed by atoms with Crippen molar-refractivity contribution in [2.75, 3.05) is 13.7 Å². The maximum Gasteiger partial charge on any atom is 0.343 e. The summed E-state index contributed by atoms with van der Waals surface area (Å²) < 4.78 is 4.94. The summed E-state index contributed by atoms with van der Waals surface area (Å²) in [6.07, 6.45) is 1.68. The van der Waals surface area contributed by atoms with Gasteiger partial charge in [0, 0.05) is 17.8 Å². The molecule has 4 nitrogen and oxygen atoms in total. The maximum atomic E-state index is 12.4. The fourth-order valence-electron chi connectivity index (χ4n) is 2.14. The number of esters is 1. The highest BCUT2D eigenvalue weighted by atomic mass is 35.5. The van der Waals surface area contributed by atoms with Gasteiger partial charge in [0.2, 0.25) is 5.78 Å². The normalized spacial score (nSPS) is 16.9. The minimum Gasteiger partial charge on any atom is -0.462 e. The topological polar surface area (TPSA) is 46.6 Å². The molecule has 0 bridgehead atoms. The molecular formula is C16H16ClNO3. The maximum absolute atomic E-state index is 12.4. The molecule has 0 saturated carbocycles. The number of ketones is 1. The van der Waals surface area contributed by atoms with Gasteiger partial charge >= 0.3 is 5.97 Å². The van der Waals surface area contributed by atoms with E-state index in [1.807, 2.05) is 18.2 Å². The Kier molecular flexibility index (Phi) is 4.48. The Morgan fingerprint density at radius 3 is 2.67 bits per heavy atom. The van der Waals surface area contributed by atoms with Crippen LogP contribution in [0.5, 0.6) is 0 Å². The highest BCUT2D eigenvalue weighted by Gasteiger charge is 2.35. The minimum atomic E-state index is -0.589. The predicted molar refractivity (Wildman–Crippen MR) is 81.5 cm³/mol. The Hall–Kier alpha value is -2.07. The van der Waals surface area contributed by atoms with Crippen LogP contribution in [0.2, 0.25) is 5.02 Å². The molecule has 0 fully saturated rings. The van der Waals surface area contributed by atoms with Crippen molar-refractivity contribution in [3.05, 3.63) is 51.8 Å². The van der Waals surface area contributed by atoms with E-state index < -0.39 is 5.97 Å². The van der Waals surface area contributed by atoms with Crippen molar-refractivity contribution in [1.29, 1.82) is 0 Å². The second-order valence-corrected chi connectivity index (χ2v) is 5.03. The lowest BCUT2D eigenvalue weighted by Crippen LogP contribution is -2.15. The van der Waals surface area contributed by atoms with E-state index in [9.17, 15) is 9.59 Å². The second kappa shape index (κ2) is 6.14. The lowest BCUT2D eigenvalue weighted by Gasteiger charge is -2.14. The summed E-state index contributed by atoms with van der Waals surface area (Å²) in [5.74, 6) is -0.928. The number of halogens is 1. The molecule has 0 saturated heterocycles. The Labute approximate surface area is 128 Å². The first-order valence-electron chi connectivity index (χ1n) is 6.60. The highest BCUT2D eigenvalue weighted by molar-refractivity contribution is 6.32. The molecular weight excluding hydrogens is 290 g/mol. The number of hydrogen-bond acceptors (Lipinski definition) is 4. The number of hydrogen-bond donors (Lipinski definition) is 0. The summed E-state index contributed by atoms with van der Waals surface area (Å²) in [4.78, 5) is 26.0. The van der Waals surface area contributed by atoms with E-state index in [1.54, 1.807) is 37.9 Å². The molecule has 5 heteroatoms. The first kappa shape index (κ1) is 15.3. The quantitative estimate of drug-likeness (QED) is 0.489. The van der Waals surface area contributed by atoms with Crippen molar-refractivity contribution in [1.82, 2.24) is 4.90 Å². The molecule has 0 spiro atoms. The third kappa shape index (κ3) is 2.85. The molecule has 1 aromatic rings. The van der Waals surface area contributed by atoms with Crippen LogP contribution in [0.4, 0.5) is 0 Å². The van der Waals surface area contributed by atoms with Crippen LogP contribution in [0.15, 0.2) is 41.2 Å². The van der Waals surface area contributed by atoms with E-state index in [0.717, 1.165) is 5.56 Å². The molecule has 0 amide bonds. The molecule has 21 heavy (non-hydrogen) atoms. The number of nitrogens with zero attached hydrogens (tertiary/aromatic N) is 1. The van der Waals surface area contributed by atoms with Crippen molar-refractivity contribution in [3.8, 4) is 0 Å². The average Bonchev–Trinajstić information content (AvgIpc) is 2.65. The van der Waals surface area contributed by atoms with Gasteiger partial charge in [-0.3, -0.25) is 4.79 Å². The lowest BCUT2D eigenvalue weighted by molar-refractivity contribution is -0.139. The third-order valence-electron chi connectivity index (χ3n) is 3.36. The largest absolute Gasteiger partial charge is 0.462 e. The minimum absolute atomic E-state index is 0.0812. The van der Waals surface area contributed by atoms with Crippen molar-refractivity contribution in [3.63, 3.8) is 0 Å². The zero-order valence-electron chi connectivity index (χ0n) is 12.1. The summed E-state index contributed by atoms with van der Waals surface area (Å²) in [6.45, 7) is 3.66. The van der Waals surface area contributed by atoms with E-state index in [-0.39, 0.29) is 18.0 Å². The standard InChI is InChI=1S/C16H16ClNO3/c1-4-21-16(20)14-10(2)18(3)13(15(14)19)9-11-7-5-6-8-12(11)17/h5-9H,4H2,1-3H3/b13-9+. The molecule has 1 aliphatic heterocycles. The number of rotatable bonds is 3. The first-order chi connectivity index (χ1) is 9.97. The van der Waals surface area contributed by atoms with Crippen LogP contribution < -0.4 is 0 Å². The number of Topliss-reactive ketones (excluding diaryl/α,β-unsaturated/α-hetero) is 1. The summed E-state index contributed by atoms with van der Waals surface area (Å²) >= 11 is 6.10. The van der Waals surface area contributed by atoms with Gasteiger partial charge in [0.05, 0.1) is 12.3 Å². The molecule has 0 atom stereocenters. The molecule has 0 N–H and O–H groups in total. The molecule has 0 aromatic heterocycles. The van der Waals surface area contributed by atoms with E-state index in [4.69, 9.17) is 16.3 Å². The Balaban J connectivity index is 2.40. The van der Waals surface area contributed by atoms with Crippen LogP contribution in [-0.4, -0.2) is 30.3 Å². The van der Waals surface area contributed by atoms with Gasteiger partial charge in [-0.15, -0.1) is 0 Å². The van der Waals surface area contributed by atoms with Gasteiger partial charge in [0.25, 0.3) is 0 Å². The Morgan fingerprint density at radius 1 is 1.38 bits per heavy atom. The first-order valence-corrected chi connectivity index (χ1v) is 6.97. The fraction of sp³-hybridized carbons (Fsp3) is 0.250. The van der Waals surface area contributed by atoms with Crippen molar-refractivity contribution >= 4 is 29.4 Å². The van der Waals surface area contributed by atoms with Gasteiger partial charge in [-0.1, -0.05) is 29.8 Å². The molecule has 0 unspecified atom stereocenters. The van der Waals surface area contributed by atoms with E-state index in [1.165, 1.54) is 0 Å². The number of carbonyl (C=O) groups excluding carboxylic acids is 2. The summed E-state index contributed by atoms with van der Waals surface area (Å²) in [5.41, 5.74) is 1.80. The van der Waals surface area contributed by atoms with Crippen LogP contribution in [0, 0.1) is 0 Å². The number of allylic oxidation sites excluding steroid dienone is 2. The van der Waals surface area contributed by atoms with Crippen molar-refractivity contribution in [2.45, 2.75) is 13.8 Å². The van der Waals surface area contributed by atoms with Crippen molar-refractivity contribution < 1.29 is 14.3 Å². The number of likely N-dealkylation sites (N-methyl/N-ethyl adjacent to an activating group) is 1. The molecule has 0 radical (unpaired) electrons. The predicted octanol–water partition coefficient (Wildman–Crippen LogP) is 3.03. The van der Waals surface area contributed by atoms with Gasteiger partial charge in [0.1, 0.15) is 5.57 Å². The van der Waals surface area contributed by atoms with Gasteiger partial charge in [-0.2, -0.15) is 0 Å². The molecule has 2 rings (SSSR count). The van der Waals surface area contributed by atoms with Crippen LogP contribution in [-0.2, 0) is 14.3 Å². The van der Waals surface area contributed by atoms with Gasteiger partial charge in [-0.05, 0) is 31.6 Å². The fourth-order valence-corrected chi connectivity index (χ4v) is 2.33. The Morgan fingerprint density at radius 2 is 2.05 bits per heavy atom. The lowest BCUT2D eigenvalue weighted by atomic mass is 10.1. The number of benzene rings is 1. The smallest absolute Gasteiger partial charge is 0.343 e. The zero-order chi connectivity index (χ0) is 15.6. The molecule has 1 aromatic carbocycles. The molecule has 0 aliphatic carbocycles. The van der Waals surface area contributed by atoms with Gasteiger partial charge < -0.3 is 9.64 Å². The van der Waals surface area contributed by atoms with Gasteiger partial charge in [0.15, 0.2) is 0 Å². The summed E-state index contributed by atoms with van der Waals surface area (Å²) in [7, 11) is 1.74.